The summed E-state index contributed by atoms with van der Waals surface area (Å²) < 4.78 is 0. The van der Waals surface area contributed by atoms with Gasteiger partial charge in [-0.2, -0.15) is 0 Å². The minimum atomic E-state index is 0.224. The molecule has 3 nitrogen and oxygen atoms in total. The molecule has 1 aliphatic heterocycles. The van der Waals surface area contributed by atoms with Gasteiger partial charge in [0.2, 0.25) is 0 Å². The second-order valence-corrected chi connectivity index (χ2v) is 5.68. The van der Waals surface area contributed by atoms with Crippen LogP contribution < -0.4 is 5.32 Å². The number of nitrogens with one attached hydrogen (secondary N) is 1. The van der Waals surface area contributed by atoms with E-state index in [4.69, 9.17) is 0 Å². The molecule has 82 valence electrons. The Balaban J connectivity index is 2.36. The summed E-state index contributed by atoms with van der Waals surface area (Å²) in [6.07, 6.45) is 1.21. The second kappa shape index (κ2) is 5.03. The number of rotatable bonds is 3. The largest absolute Gasteiger partial charge is 0.360 e. The van der Waals surface area contributed by atoms with Gasteiger partial charge in [-0.15, -0.1) is 0 Å². The number of amidine groups is 1. The Hall–Kier alpha value is -0.220. The number of nitrogens with zero attached hydrogens (tertiary/aromatic N) is 2. The van der Waals surface area contributed by atoms with E-state index >= 15 is 0 Å². The lowest BCUT2D eigenvalue weighted by Gasteiger charge is -2.32. The van der Waals surface area contributed by atoms with Gasteiger partial charge in [0, 0.05) is 17.8 Å². The van der Waals surface area contributed by atoms with Crippen LogP contribution >= 0.6 is 11.8 Å². The standard InChI is InChI=1S/C10H21N3S/c1-10(2)5-8-14-9(12-10)11-6-7-13(3)4/h5-8H2,1-4H3,(H,11,12). The fourth-order valence-corrected chi connectivity index (χ4v) is 2.56. The van der Waals surface area contributed by atoms with E-state index in [9.17, 15) is 0 Å². The first-order valence-electron chi connectivity index (χ1n) is 5.10. The third-order valence-electron chi connectivity index (χ3n) is 2.21. The highest BCUT2D eigenvalue weighted by Crippen LogP contribution is 2.21. The Bertz CT molecular complexity index is 211. The number of aliphatic imine (C=N–C) groups is 1. The van der Waals surface area contributed by atoms with Crippen molar-refractivity contribution in [3.05, 3.63) is 0 Å². The smallest absolute Gasteiger partial charge is 0.157 e. The highest BCUT2D eigenvalue weighted by molar-refractivity contribution is 8.13. The lowest BCUT2D eigenvalue weighted by atomic mass is 10.0. The number of thioether (sulfide) groups is 1. The van der Waals surface area contributed by atoms with Gasteiger partial charge in [0.05, 0.1) is 6.54 Å². The lowest BCUT2D eigenvalue weighted by molar-refractivity contribution is 0.418. The maximum absolute atomic E-state index is 4.55. The lowest BCUT2D eigenvalue weighted by Crippen LogP contribution is -2.46. The van der Waals surface area contributed by atoms with Crippen molar-refractivity contribution >= 4 is 16.9 Å². The molecule has 0 aliphatic carbocycles. The predicted molar refractivity (Wildman–Crippen MR) is 65.1 cm³/mol. The predicted octanol–water partition coefficient (Wildman–Crippen LogP) is 1.41. The van der Waals surface area contributed by atoms with Gasteiger partial charge in [0.15, 0.2) is 5.17 Å². The van der Waals surface area contributed by atoms with Gasteiger partial charge in [-0.1, -0.05) is 11.8 Å². The molecule has 1 saturated heterocycles. The van der Waals surface area contributed by atoms with Crippen LogP contribution in [0.2, 0.25) is 0 Å². The third-order valence-corrected chi connectivity index (χ3v) is 3.13. The summed E-state index contributed by atoms with van der Waals surface area (Å²) in [6, 6.07) is 0. The summed E-state index contributed by atoms with van der Waals surface area (Å²) in [6.45, 7) is 6.37. The fraction of sp³-hybridized carbons (Fsp3) is 0.900. The molecule has 4 heteroatoms. The van der Waals surface area contributed by atoms with Crippen LogP contribution in [0.15, 0.2) is 4.99 Å². The molecule has 0 unspecified atom stereocenters. The average molecular weight is 215 g/mol. The summed E-state index contributed by atoms with van der Waals surface area (Å²) in [4.78, 5) is 6.70. The zero-order chi connectivity index (χ0) is 10.6. The minimum absolute atomic E-state index is 0.224. The number of hydrogen-bond acceptors (Lipinski definition) is 3. The van der Waals surface area contributed by atoms with E-state index in [1.807, 2.05) is 11.8 Å². The summed E-state index contributed by atoms with van der Waals surface area (Å²) in [5, 5.41) is 4.57. The normalized spacial score (nSPS) is 23.9. The number of hydrogen-bond donors (Lipinski definition) is 1. The summed E-state index contributed by atoms with van der Waals surface area (Å²) >= 11 is 1.84. The summed E-state index contributed by atoms with van der Waals surface area (Å²) in [5.41, 5.74) is 0.224. The Morgan fingerprint density at radius 2 is 2.21 bits per heavy atom. The van der Waals surface area contributed by atoms with Crippen LogP contribution in [-0.4, -0.2) is 48.5 Å². The minimum Gasteiger partial charge on any atom is -0.360 e. The molecule has 0 aromatic heterocycles. The van der Waals surface area contributed by atoms with Gasteiger partial charge in [0.1, 0.15) is 0 Å². The van der Waals surface area contributed by atoms with Crippen molar-refractivity contribution in [1.29, 1.82) is 0 Å². The van der Waals surface area contributed by atoms with Crippen LogP contribution in [0.5, 0.6) is 0 Å². The van der Waals surface area contributed by atoms with Gasteiger partial charge in [-0.3, -0.25) is 4.99 Å². The van der Waals surface area contributed by atoms with Crippen molar-refractivity contribution in [3.63, 3.8) is 0 Å². The Kier molecular flexibility index (Phi) is 4.26. The van der Waals surface area contributed by atoms with Crippen LogP contribution in [0.4, 0.5) is 0 Å². The molecule has 0 bridgehead atoms. The highest BCUT2D eigenvalue weighted by atomic mass is 32.2. The summed E-state index contributed by atoms with van der Waals surface area (Å²) in [7, 11) is 4.15. The average Bonchev–Trinajstić information content (AvgIpc) is 2.01. The zero-order valence-electron chi connectivity index (χ0n) is 9.63. The molecule has 0 aromatic carbocycles. The van der Waals surface area contributed by atoms with Crippen molar-refractivity contribution in [2.45, 2.75) is 25.8 Å². The van der Waals surface area contributed by atoms with E-state index in [0.717, 1.165) is 18.3 Å². The van der Waals surface area contributed by atoms with Gasteiger partial charge >= 0.3 is 0 Å². The SMILES string of the molecule is CN(C)CCN=C1NC(C)(C)CCS1. The molecular formula is C10H21N3S. The first-order valence-corrected chi connectivity index (χ1v) is 6.08. The molecule has 0 amide bonds. The second-order valence-electron chi connectivity index (χ2n) is 4.60. The third kappa shape index (κ3) is 4.33. The van der Waals surface area contributed by atoms with Crippen LogP contribution in [0.3, 0.4) is 0 Å². The topological polar surface area (TPSA) is 27.6 Å². The number of likely N-dealkylation sites (N-methyl/N-ethyl adjacent to an activating group) is 1. The van der Waals surface area contributed by atoms with Crippen molar-refractivity contribution in [1.82, 2.24) is 10.2 Å². The molecule has 0 saturated carbocycles. The molecule has 1 heterocycles. The van der Waals surface area contributed by atoms with Crippen LogP contribution in [-0.2, 0) is 0 Å². The maximum atomic E-state index is 4.55. The highest BCUT2D eigenvalue weighted by Gasteiger charge is 2.23. The Labute approximate surface area is 91.3 Å². The molecule has 0 spiro atoms. The first-order chi connectivity index (χ1) is 6.49. The molecular weight excluding hydrogens is 194 g/mol. The van der Waals surface area contributed by atoms with Crippen molar-refractivity contribution in [3.8, 4) is 0 Å². The molecule has 0 aromatic rings. The summed E-state index contributed by atoms with van der Waals surface area (Å²) in [5.74, 6) is 1.18. The van der Waals surface area contributed by atoms with E-state index in [1.165, 1.54) is 12.2 Å². The van der Waals surface area contributed by atoms with Gasteiger partial charge in [0.25, 0.3) is 0 Å². The van der Waals surface area contributed by atoms with E-state index in [-0.39, 0.29) is 5.54 Å². The van der Waals surface area contributed by atoms with Crippen LogP contribution in [0.1, 0.15) is 20.3 Å². The van der Waals surface area contributed by atoms with E-state index in [2.05, 4.69) is 43.2 Å². The van der Waals surface area contributed by atoms with E-state index < -0.39 is 0 Å². The van der Waals surface area contributed by atoms with Gasteiger partial charge in [-0.25, -0.2) is 0 Å². The van der Waals surface area contributed by atoms with Crippen molar-refractivity contribution in [2.24, 2.45) is 4.99 Å². The van der Waals surface area contributed by atoms with Gasteiger partial charge < -0.3 is 10.2 Å². The van der Waals surface area contributed by atoms with E-state index in [1.54, 1.807) is 0 Å². The molecule has 1 fully saturated rings. The van der Waals surface area contributed by atoms with Crippen LogP contribution in [0, 0.1) is 0 Å². The fourth-order valence-electron chi connectivity index (χ4n) is 1.23. The molecule has 0 atom stereocenters. The Morgan fingerprint density at radius 1 is 1.50 bits per heavy atom. The zero-order valence-corrected chi connectivity index (χ0v) is 10.4. The molecule has 14 heavy (non-hydrogen) atoms. The quantitative estimate of drug-likeness (QED) is 0.771. The molecule has 1 rings (SSSR count). The first kappa shape index (κ1) is 11.9. The van der Waals surface area contributed by atoms with E-state index in [0.29, 0.717) is 0 Å². The monoisotopic (exact) mass is 215 g/mol. The maximum Gasteiger partial charge on any atom is 0.157 e. The molecule has 0 radical (unpaired) electrons. The van der Waals surface area contributed by atoms with Crippen molar-refractivity contribution < 1.29 is 0 Å². The molecule has 1 aliphatic rings. The van der Waals surface area contributed by atoms with Crippen molar-refractivity contribution in [2.75, 3.05) is 32.9 Å². The van der Waals surface area contributed by atoms with Gasteiger partial charge in [-0.05, 0) is 34.4 Å². The molecule has 1 N–H and O–H groups in total. The van der Waals surface area contributed by atoms with Crippen LogP contribution in [0.25, 0.3) is 0 Å². The Morgan fingerprint density at radius 3 is 2.79 bits per heavy atom.